The van der Waals surface area contributed by atoms with Gasteiger partial charge in [0, 0.05) is 16.2 Å². The van der Waals surface area contributed by atoms with Crippen LogP contribution in [0.5, 0.6) is 0 Å². The van der Waals surface area contributed by atoms with Gasteiger partial charge in [-0.2, -0.15) is 0 Å². The van der Waals surface area contributed by atoms with Gasteiger partial charge >= 0.3 is 0 Å². The maximum absolute atomic E-state index is 5.71. The lowest BCUT2D eigenvalue weighted by Crippen LogP contribution is -2.15. The Morgan fingerprint density at radius 1 is 0.400 bits per heavy atom. The van der Waals surface area contributed by atoms with Gasteiger partial charge in [-0.05, 0) is 96.1 Å². The number of para-hydroxylation sites is 1. The first-order valence-electron chi connectivity index (χ1n) is 17.8. The predicted molar refractivity (Wildman–Crippen MR) is 217 cm³/mol. The van der Waals surface area contributed by atoms with Crippen LogP contribution in [0.2, 0.25) is 0 Å². The lowest BCUT2D eigenvalue weighted by atomic mass is 9.80. The summed E-state index contributed by atoms with van der Waals surface area (Å²) in [7, 11) is 0. The molecule has 0 radical (unpaired) electrons. The maximum atomic E-state index is 5.71. The van der Waals surface area contributed by atoms with Crippen LogP contribution in [0.25, 0.3) is 55.0 Å². The third-order valence-electron chi connectivity index (χ3n) is 9.64. The van der Waals surface area contributed by atoms with Crippen LogP contribution < -0.4 is 0 Å². The van der Waals surface area contributed by atoms with Gasteiger partial charge in [0.15, 0.2) is 0 Å². The van der Waals surface area contributed by atoms with Crippen LogP contribution in [-0.4, -0.2) is 0 Å². The molecule has 0 spiro atoms. The highest BCUT2D eigenvalue weighted by molar-refractivity contribution is 6.09. The molecule has 1 heterocycles. The highest BCUT2D eigenvalue weighted by atomic mass is 16.3. The second-order valence-electron chi connectivity index (χ2n) is 13.7. The van der Waals surface area contributed by atoms with Crippen molar-refractivity contribution >= 4 is 32.7 Å². The molecule has 1 nitrogen and oxygen atoms in total. The van der Waals surface area contributed by atoms with Gasteiger partial charge in [0.05, 0.1) is 0 Å². The number of fused-ring (bicyclic) bond motifs is 8. The molecular weight excluding hydrogens is 605 g/mol. The summed E-state index contributed by atoms with van der Waals surface area (Å²) in [6, 6.07) is 51.8. The number of aryl methyl sites for hydroxylation is 4. The van der Waals surface area contributed by atoms with Crippen molar-refractivity contribution in [1.29, 1.82) is 0 Å². The molecular formula is C49H48O. The number of rotatable bonds is 1. The Kier molecular flexibility index (Phi) is 10.1. The number of furan rings is 1. The fraction of sp³-hybridized carbons (Fsp3) is 0.184. The summed E-state index contributed by atoms with van der Waals surface area (Å²) >= 11 is 0. The van der Waals surface area contributed by atoms with Crippen LogP contribution in [0.3, 0.4) is 0 Å². The van der Waals surface area contributed by atoms with Gasteiger partial charge in [0.2, 0.25) is 0 Å². The monoisotopic (exact) mass is 652 g/mol. The standard InChI is InChI=1S/C27H24.C13H10O.C7H8.C2H6/c1-17-8-7-9-19(14-17)23-16-25-26(21-11-6-5-10-20(21)23)22-13-12-18(2)15-24(22)27(25,3)4;1-9-6-7-13-11(8-9)10-4-2-3-5-12(10)14-13;1-7-5-3-2-4-6-7;1-2/h5-16H,1-4H3;2-8H,1H3;2-6H,1H3;1-2H3. The van der Waals surface area contributed by atoms with E-state index in [-0.39, 0.29) is 5.41 Å². The molecule has 9 rings (SSSR count). The fourth-order valence-corrected chi connectivity index (χ4v) is 7.12. The van der Waals surface area contributed by atoms with Crippen molar-refractivity contribution in [2.24, 2.45) is 0 Å². The molecule has 8 aromatic rings. The average molecular weight is 653 g/mol. The minimum Gasteiger partial charge on any atom is -0.456 e. The Bertz CT molecular complexity index is 2410. The minimum absolute atomic E-state index is 0.0132. The second kappa shape index (κ2) is 14.6. The molecule has 1 aliphatic carbocycles. The van der Waals surface area contributed by atoms with Crippen LogP contribution in [0.1, 0.15) is 61.1 Å². The third kappa shape index (κ3) is 6.74. The van der Waals surface area contributed by atoms with E-state index in [4.69, 9.17) is 4.42 Å². The summed E-state index contributed by atoms with van der Waals surface area (Å²) in [6.07, 6.45) is 0. The van der Waals surface area contributed by atoms with E-state index in [1.54, 1.807) is 0 Å². The molecule has 0 saturated carbocycles. The van der Waals surface area contributed by atoms with Crippen molar-refractivity contribution in [1.82, 2.24) is 0 Å². The Labute approximate surface area is 298 Å². The van der Waals surface area contributed by atoms with Gasteiger partial charge in [-0.25, -0.2) is 0 Å². The first-order valence-corrected chi connectivity index (χ1v) is 17.8. The summed E-state index contributed by atoms with van der Waals surface area (Å²) in [5.74, 6) is 0. The van der Waals surface area contributed by atoms with E-state index in [0.717, 1.165) is 11.2 Å². The van der Waals surface area contributed by atoms with E-state index in [0.29, 0.717) is 0 Å². The molecule has 7 aromatic carbocycles. The first-order chi connectivity index (χ1) is 24.2. The molecule has 50 heavy (non-hydrogen) atoms. The van der Waals surface area contributed by atoms with Crippen LogP contribution >= 0.6 is 0 Å². The highest BCUT2D eigenvalue weighted by Crippen LogP contribution is 2.53. The normalized spacial score (nSPS) is 12.2. The Morgan fingerprint density at radius 3 is 1.68 bits per heavy atom. The van der Waals surface area contributed by atoms with Crippen molar-refractivity contribution in [3.05, 3.63) is 179 Å². The molecule has 1 aromatic heterocycles. The largest absolute Gasteiger partial charge is 0.456 e. The zero-order chi connectivity index (χ0) is 35.4. The molecule has 0 unspecified atom stereocenters. The van der Waals surface area contributed by atoms with Gasteiger partial charge < -0.3 is 4.42 Å². The van der Waals surface area contributed by atoms with Gasteiger partial charge in [-0.15, -0.1) is 0 Å². The fourth-order valence-electron chi connectivity index (χ4n) is 7.12. The van der Waals surface area contributed by atoms with E-state index < -0.39 is 0 Å². The van der Waals surface area contributed by atoms with Gasteiger partial charge in [-0.1, -0.05) is 171 Å². The van der Waals surface area contributed by atoms with E-state index in [1.165, 1.54) is 77.2 Å². The molecule has 0 N–H and O–H groups in total. The van der Waals surface area contributed by atoms with Gasteiger partial charge in [0.25, 0.3) is 0 Å². The highest BCUT2D eigenvalue weighted by Gasteiger charge is 2.37. The second-order valence-corrected chi connectivity index (χ2v) is 13.7. The molecule has 1 aliphatic rings. The first kappa shape index (κ1) is 34.5. The zero-order valence-electron chi connectivity index (χ0n) is 30.8. The summed E-state index contributed by atoms with van der Waals surface area (Å²) in [4.78, 5) is 0. The number of benzene rings is 7. The molecule has 0 aliphatic heterocycles. The average Bonchev–Trinajstić information content (AvgIpc) is 3.61. The van der Waals surface area contributed by atoms with Crippen LogP contribution in [0.4, 0.5) is 0 Å². The molecule has 0 bridgehead atoms. The van der Waals surface area contributed by atoms with Crippen molar-refractivity contribution in [2.45, 2.75) is 60.8 Å². The Morgan fingerprint density at radius 2 is 0.980 bits per heavy atom. The molecule has 1 heteroatoms. The van der Waals surface area contributed by atoms with E-state index >= 15 is 0 Å². The summed E-state index contributed by atoms with van der Waals surface area (Å²) in [6.45, 7) is 17.3. The Balaban J connectivity index is 0.000000155. The Hall–Kier alpha value is -5.40. The lowest BCUT2D eigenvalue weighted by Gasteiger charge is -2.23. The topological polar surface area (TPSA) is 13.1 Å². The third-order valence-corrected chi connectivity index (χ3v) is 9.64. The van der Waals surface area contributed by atoms with E-state index in [9.17, 15) is 0 Å². The van der Waals surface area contributed by atoms with Crippen molar-refractivity contribution in [3.63, 3.8) is 0 Å². The van der Waals surface area contributed by atoms with Crippen LogP contribution in [0.15, 0.2) is 150 Å². The maximum Gasteiger partial charge on any atom is 0.135 e. The lowest BCUT2D eigenvalue weighted by molar-refractivity contribution is 0.660. The van der Waals surface area contributed by atoms with E-state index in [1.807, 2.05) is 56.3 Å². The summed E-state index contributed by atoms with van der Waals surface area (Å²) in [5.41, 5.74) is 15.5. The smallest absolute Gasteiger partial charge is 0.135 e. The van der Waals surface area contributed by atoms with Crippen LogP contribution in [0, 0.1) is 27.7 Å². The van der Waals surface area contributed by atoms with Crippen molar-refractivity contribution in [2.75, 3.05) is 0 Å². The number of hydrogen-bond donors (Lipinski definition) is 0. The molecule has 0 fully saturated rings. The predicted octanol–water partition coefficient (Wildman–Crippen LogP) is 14.3. The molecule has 0 amide bonds. The SMILES string of the molecule is CC.Cc1ccc2oc3ccccc3c2c1.Cc1cccc(-c2cc3c(c4ccccc24)-c2ccc(C)cc2C3(C)C)c1.Cc1ccccc1. The minimum atomic E-state index is 0.0132. The van der Waals surface area contributed by atoms with Crippen molar-refractivity contribution in [3.8, 4) is 22.3 Å². The molecule has 250 valence electrons. The van der Waals surface area contributed by atoms with Crippen molar-refractivity contribution < 1.29 is 4.42 Å². The van der Waals surface area contributed by atoms with Crippen LogP contribution in [-0.2, 0) is 5.41 Å². The zero-order valence-corrected chi connectivity index (χ0v) is 30.8. The quantitative estimate of drug-likeness (QED) is 0.172. The number of hydrogen-bond acceptors (Lipinski definition) is 1. The molecule has 0 saturated heterocycles. The van der Waals surface area contributed by atoms with Gasteiger partial charge in [-0.3, -0.25) is 0 Å². The summed E-state index contributed by atoms with van der Waals surface area (Å²) < 4.78 is 5.71. The van der Waals surface area contributed by atoms with E-state index in [2.05, 4.69) is 145 Å². The molecule has 0 atom stereocenters. The summed E-state index contributed by atoms with van der Waals surface area (Å²) in [5, 5.41) is 5.11. The van der Waals surface area contributed by atoms with Gasteiger partial charge in [0.1, 0.15) is 11.2 Å².